The SMILES string of the molecule is CCCCCN(/C=C\NCC)CC. The van der Waals surface area contributed by atoms with Gasteiger partial charge in [0.15, 0.2) is 0 Å². The minimum absolute atomic E-state index is 1.00. The van der Waals surface area contributed by atoms with Gasteiger partial charge < -0.3 is 10.2 Å². The molecule has 1 N–H and O–H groups in total. The van der Waals surface area contributed by atoms with Crippen molar-refractivity contribution in [2.75, 3.05) is 19.6 Å². The van der Waals surface area contributed by atoms with Gasteiger partial charge in [-0.05, 0) is 20.3 Å². The molecule has 0 atom stereocenters. The van der Waals surface area contributed by atoms with E-state index < -0.39 is 0 Å². The van der Waals surface area contributed by atoms with Crippen molar-refractivity contribution in [2.45, 2.75) is 40.0 Å². The third-order valence-electron chi connectivity index (χ3n) is 2.06. The first-order chi connectivity index (χ1) is 6.35. The molecule has 2 heteroatoms. The van der Waals surface area contributed by atoms with Gasteiger partial charge in [0.25, 0.3) is 0 Å². The van der Waals surface area contributed by atoms with Crippen molar-refractivity contribution in [2.24, 2.45) is 0 Å². The summed E-state index contributed by atoms with van der Waals surface area (Å²) in [5.74, 6) is 0. The zero-order valence-corrected chi connectivity index (χ0v) is 9.34. The standard InChI is InChI=1S/C11H24N2/c1-4-7-8-10-13(6-3)11-9-12-5-2/h9,11-12H,4-8,10H2,1-3H3/b11-9-. The molecule has 0 spiro atoms. The first-order valence-electron chi connectivity index (χ1n) is 5.49. The third kappa shape index (κ3) is 7.69. The fourth-order valence-electron chi connectivity index (χ4n) is 1.18. The second-order valence-corrected chi connectivity index (χ2v) is 3.21. The van der Waals surface area contributed by atoms with Crippen LogP contribution in [0.3, 0.4) is 0 Å². The van der Waals surface area contributed by atoms with Crippen LogP contribution in [0.1, 0.15) is 40.0 Å². The molecule has 0 saturated carbocycles. The Kier molecular flexibility index (Phi) is 8.95. The van der Waals surface area contributed by atoms with Crippen LogP contribution in [0.4, 0.5) is 0 Å². The molecule has 0 fully saturated rings. The van der Waals surface area contributed by atoms with Gasteiger partial charge in [-0.3, -0.25) is 0 Å². The molecule has 0 unspecified atom stereocenters. The highest BCUT2D eigenvalue weighted by molar-refractivity contribution is 4.79. The average Bonchev–Trinajstić information content (AvgIpc) is 2.16. The summed E-state index contributed by atoms with van der Waals surface area (Å²) in [5, 5.41) is 3.18. The summed E-state index contributed by atoms with van der Waals surface area (Å²) in [7, 11) is 0. The van der Waals surface area contributed by atoms with E-state index in [1.165, 1.54) is 25.8 Å². The van der Waals surface area contributed by atoms with Gasteiger partial charge in [-0.25, -0.2) is 0 Å². The van der Waals surface area contributed by atoms with Gasteiger partial charge in [-0.15, -0.1) is 0 Å². The maximum absolute atomic E-state index is 3.18. The lowest BCUT2D eigenvalue weighted by Gasteiger charge is -2.17. The van der Waals surface area contributed by atoms with Crippen LogP contribution in [-0.2, 0) is 0 Å². The Morgan fingerprint density at radius 2 is 1.92 bits per heavy atom. The van der Waals surface area contributed by atoms with Crippen molar-refractivity contribution < 1.29 is 0 Å². The predicted octanol–water partition coefficient (Wildman–Crippen LogP) is 2.58. The highest BCUT2D eigenvalue weighted by Gasteiger charge is 1.93. The summed E-state index contributed by atoms with van der Waals surface area (Å²) in [6, 6.07) is 0. The minimum Gasteiger partial charge on any atom is -0.390 e. The molecule has 0 aliphatic carbocycles. The van der Waals surface area contributed by atoms with Crippen molar-refractivity contribution in [1.82, 2.24) is 10.2 Å². The van der Waals surface area contributed by atoms with Crippen LogP contribution >= 0.6 is 0 Å². The molecule has 0 radical (unpaired) electrons. The summed E-state index contributed by atoms with van der Waals surface area (Å²) in [6.45, 7) is 9.84. The van der Waals surface area contributed by atoms with Crippen molar-refractivity contribution in [1.29, 1.82) is 0 Å². The fraction of sp³-hybridized carbons (Fsp3) is 0.818. The van der Waals surface area contributed by atoms with Crippen LogP contribution in [0.25, 0.3) is 0 Å². The Bertz CT molecular complexity index is 121. The summed E-state index contributed by atoms with van der Waals surface area (Å²) in [6.07, 6.45) is 8.13. The fourth-order valence-corrected chi connectivity index (χ4v) is 1.18. The quantitative estimate of drug-likeness (QED) is 0.583. The van der Waals surface area contributed by atoms with Crippen LogP contribution < -0.4 is 5.32 Å². The predicted molar refractivity (Wildman–Crippen MR) is 59.6 cm³/mol. The highest BCUT2D eigenvalue weighted by atomic mass is 15.1. The summed E-state index contributed by atoms with van der Waals surface area (Å²) in [5.41, 5.74) is 0. The van der Waals surface area contributed by atoms with Crippen molar-refractivity contribution >= 4 is 0 Å². The number of rotatable bonds is 8. The average molecular weight is 184 g/mol. The van der Waals surface area contributed by atoms with Crippen LogP contribution in [0.5, 0.6) is 0 Å². The lowest BCUT2D eigenvalue weighted by Crippen LogP contribution is -2.19. The number of hydrogen-bond acceptors (Lipinski definition) is 2. The van der Waals surface area contributed by atoms with Gasteiger partial charge in [-0.2, -0.15) is 0 Å². The monoisotopic (exact) mass is 184 g/mol. The molecule has 2 nitrogen and oxygen atoms in total. The van der Waals surface area contributed by atoms with E-state index in [2.05, 4.69) is 37.2 Å². The molecule has 0 rings (SSSR count). The van der Waals surface area contributed by atoms with Crippen molar-refractivity contribution in [3.05, 3.63) is 12.4 Å². The van der Waals surface area contributed by atoms with Gasteiger partial charge in [0.05, 0.1) is 0 Å². The first-order valence-corrected chi connectivity index (χ1v) is 5.49. The zero-order valence-electron chi connectivity index (χ0n) is 9.34. The molecule has 0 bridgehead atoms. The maximum Gasteiger partial charge on any atom is 0.0172 e. The van der Waals surface area contributed by atoms with E-state index in [0.717, 1.165) is 13.1 Å². The lowest BCUT2D eigenvalue weighted by atomic mass is 10.2. The van der Waals surface area contributed by atoms with Crippen molar-refractivity contribution in [3.63, 3.8) is 0 Å². The summed E-state index contributed by atoms with van der Waals surface area (Å²) < 4.78 is 0. The molecular formula is C11H24N2. The lowest BCUT2D eigenvalue weighted by molar-refractivity contribution is 0.380. The number of hydrogen-bond donors (Lipinski definition) is 1. The van der Waals surface area contributed by atoms with Crippen molar-refractivity contribution in [3.8, 4) is 0 Å². The first kappa shape index (κ1) is 12.3. The Morgan fingerprint density at radius 3 is 2.46 bits per heavy atom. The third-order valence-corrected chi connectivity index (χ3v) is 2.06. The molecule has 13 heavy (non-hydrogen) atoms. The van der Waals surface area contributed by atoms with Crippen LogP contribution in [0.15, 0.2) is 12.4 Å². The molecule has 0 aromatic carbocycles. The smallest absolute Gasteiger partial charge is 0.0172 e. The molecule has 0 aliphatic rings. The van der Waals surface area contributed by atoms with Gasteiger partial charge >= 0.3 is 0 Å². The highest BCUT2D eigenvalue weighted by Crippen LogP contribution is 1.98. The number of unbranched alkanes of at least 4 members (excludes halogenated alkanes) is 2. The molecule has 0 saturated heterocycles. The van der Waals surface area contributed by atoms with E-state index >= 15 is 0 Å². The Labute approximate surface area is 83.0 Å². The summed E-state index contributed by atoms with van der Waals surface area (Å²) in [4.78, 5) is 2.35. The normalized spacial score (nSPS) is 10.7. The van der Waals surface area contributed by atoms with E-state index in [4.69, 9.17) is 0 Å². The van der Waals surface area contributed by atoms with E-state index in [0.29, 0.717) is 0 Å². The number of nitrogens with zero attached hydrogens (tertiary/aromatic N) is 1. The molecule has 0 aliphatic heterocycles. The van der Waals surface area contributed by atoms with Crippen LogP contribution in [0.2, 0.25) is 0 Å². The molecule has 0 aromatic heterocycles. The Hall–Kier alpha value is -0.660. The van der Waals surface area contributed by atoms with E-state index in [9.17, 15) is 0 Å². The van der Waals surface area contributed by atoms with E-state index in [-0.39, 0.29) is 0 Å². The maximum atomic E-state index is 3.18. The van der Waals surface area contributed by atoms with Crippen LogP contribution in [0, 0.1) is 0 Å². The van der Waals surface area contributed by atoms with E-state index in [1.807, 2.05) is 6.20 Å². The zero-order chi connectivity index (χ0) is 9.94. The second-order valence-electron chi connectivity index (χ2n) is 3.21. The van der Waals surface area contributed by atoms with Gasteiger partial charge in [0.2, 0.25) is 0 Å². The largest absolute Gasteiger partial charge is 0.390 e. The Balaban J connectivity index is 3.50. The molecule has 0 aromatic rings. The second kappa shape index (κ2) is 9.43. The minimum atomic E-state index is 1.00. The molecule has 78 valence electrons. The Morgan fingerprint density at radius 1 is 1.15 bits per heavy atom. The number of nitrogens with one attached hydrogen (secondary N) is 1. The van der Waals surface area contributed by atoms with Gasteiger partial charge in [0.1, 0.15) is 0 Å². The topological polar surface area (TPSA) is 15.3 Å². The molecule has 0 heterocycles. The van der Waals surface area contributed by atoms with E-state index in [1.54, 1.807) is 0 Å². The van der Waals surface area contributed by atoms with Gasteiger partial charge in [-0.1, -0.05) is 19.8 Å². The van der Waals surface area contributed by atoms with Crippen LogP contribution in [-0.4, -0.2) is 24.5 Å². The van der Waals surface area contributed by atoms with Gasteiger partial charge in [0, 0.05) is 32.0 Å². The molecular weight excluding hydrogens is 160 g/mol. The molecule has 0 amide bonds. The summed E-state index contributed by atoms with van der Waals surface area (Å²) >= 11 is 0.